The van der Waals surface area contributed by atoms with Crippen LogP contribution < -0.4 is 10.6 Å². The molecule has 2 aliphatic rings. The number of carbonyl (C=O) groups is 2. The molecular formula is C13H22N2O3. The maximum Gasteiger partial charge on any atom is 0.223 e. The Balaban J connectivity index is 1.53. The van der Waals surface area contributed by atoms with E-state index in [1.165, 1.54) is 0 Å². The first-order valence-electron chi connectivity index (χ1n) is 6.72. The summed E-state index contributed by atoms with van der Waals surface area (Å²) in [5.41, 5.74) is -0.0532. The van der Waals surface area contributed by atoms with Gasteiger partial charge in [-0.15, -0.1) is 0 Å². The van der Waals surface area contributed by atoms with Crippen molar-refractivity contribution in [3.05, 3.63) is 0 Å². The van der Waals surface area contributed by atoms with Crippen molar-refractivity contribution >= 4 is 11.8 Å². The van der Waals surface area contributed by atoms with E-state index >= 15 is 0 Å². The van der Waals surface area contributed by atoms with E-state index in [1.807, 2.05) is 0 Å². The zero-order chi connectivity index (χ0) is 13.2. The van der Waals surface area contributed by atoms with Crippen molar-refractivity contribution in [1.29, 1.82) is 0 Å². The molecule has 2 saturated carbocycles. The Bertz CT molecular complexity index is 339. The third-order valence-electron chi connectivity index (χ3n) is 4.05. The van der Waals surface area contributed by atoms with E-state index in [9.17, 15) is 9.59 Å². The van der Waals surface area contributed by atoms with Gasteiger partial charge in [0.25, 0.3) is 0 Å². The topological polar surface area (TPSA) is 78.4 Å². The second kappa shape index (κ2) is 5.26. The van der Waals surface area contributed by atoms with Gasteiger partial charge in [0.2, 0.25) is 11.8 Å². The molecule has 2 amide bonds. The molecule has 2 rings (SSSR count). The summed E-state index contributed by atoms with van der Waals surface area (Å²) in [4.78, 5) is 23.0. The fourth-order valence-corrected chi connectivity index (χ4v) is 2.06. The average molecular weight is 254 g/mol. The Labute approximate surface area is 107 Å². The van der Waals surface area contributed by atoms with Crippen LogP contribution in [0.5, 0.6) is 0 Å². The van der Waals surface area contributed by atoms with Gasteiger partial charge in [0, 0.05) is 30.8 Å². The third-order valence-corrected chi connectivity index (χ3v) is 4.05. The normalized spacial score (nSPS) is 27.4. The summed E-state index contributed by atoms with van der Waals surface area (Å²) < 4.78 is 0. The molecule has 2 unspecified atom stereocenters. The van der Waals surface area contributed by atoms with Crippen LogP contribution in [0.3, 0.4) is 0 Å². The minimum Gasteiger partial charge on any atom is -0.396 e. The van der Waals surface area contributed by atoms with Gasteiger partial charge in [-0.1, -0.05) is 6.92 Å². The first-order chi connectivity index (χ1) is 8.56. The van der Waals surface area contributed by atoms with Gasteiger partial charge in [-0.25, -0.2) is 0 Å². The Kier molecular flexibility index (Phi) is 3.90. The Morgan fingerprint density at radius 1 is 1.33 bits per heavy atom. The van der Waals surface area contributed by atoms with E-state index in [2.05, 4.69) is 17.6 Å². The highest BCUT2D eigenvalue weighted by Gasteiger charge is 2.42. The lowest BCUT2D eigenvalue weighted by atomic mass is 10.1. The van der Waals surface area contributed by atoms with Gasteiger partial charge >= 0.3 is 0 Å². The van der Waals surface area contributed by atoms with Crippen LogP contribution in [-0.4, -0.2) is 36.6 Å². The quantitative estimate of drug-likeness (QED) is 0.600. The largest absolute Gasteiger partial charge is 0.396 e. The average Bonchev–Trinajstić information content (AvgIpc) is 3.24. The van der Waals surface area contributed by atoms with Crippen molar-refractivity contribution < 1.29 is 14.7 Å². The zero-order valence-corrected chi connectivity index (χ0v) is 10.9. The molecule has 0 radical (unpaired) electrons. The second-order valence-electron chi connectivity index (χ2n) is 5.80. The van der Waals surface area contributed by atoms with Gasteiger partial charge in [-0.05, 0) is 25.2 Å². The van der Waals surface area contributed by atoms with Crippen LogP contribution in [0.4, 0.5) is 0 Å². The predicted molar refractivity (Wildman–Crippen MR) is 66.7 cm³/mol. The summed E-state index contributed by atoms with van der Waals surface area (Å²) in [6, 6.07) is 0. The molecule has 0 heterocycles. The van der Waals surface area contributed by atoms with E-state index < -0.39 is 0 Å². The number of hydrogen-bond acceptors (Lipinski definition) is 3. The summed E-state index contributed by atoms with van der Waals surface area (Å²) in [7, 11) is 0. The van der Waals surface area contributed by atoms with Gasteiger partial charge in [0.15, 0.2) is 0 Å². The fraction of sp³-hybridized carbons (Fsp3) is 0.846. The Morgan fingerprint density at radius 3 is 2.50 bits per heavy atom. The molecule has 18 heavy (non-hydrogen) atoms. The van der Waals surface area contributed by atoms with E-state index in [4.69, 9.17) is 5.11 Å². The highest BCUT2D eigenvalue weighted by atomic mass is 16.3. The Morgan fingerprint density at radius 2 is 2.00 bits per heavy atom. The number of aliphatic hydroxyl groups is 1. The molecule has 0 bridgehead atoms. The van der Waals surface area contributed by atoms with Crippen molar-refractivity contribution in [1.82, 2.24) is 10.6 Å². The number of aliphatic hydroxyl groups excluding tert-OH is 1. The molecule has 0 spiro atoms. The van der Waals surface area contributed by atoms with Crippen molar-refractivity contribution in [2.24, 2.45) is 17.3 Å². The molecule has 0 aromatic heterocycles. The first kappa shape index (κ1) is 13.3. The van der Waals surface area contributed by atoms with Crippen molar-refractivity contribution in [3.63, 3.8) is 0 Å². The van der Waals surface area contributed by atoms with E-state index in [1.54, 1.807) is 0 Å². The summed E-state index contributed by atoms with van der Waals surface area (Å²) in [5, 5.41) is 14.7. The molecule has 2 atom stereocenters. The molecule has 2 aliphatic carbocycles. The van der Waals surface area contributed by atoms with Crippen molar-refractivity contribution in [3.8, 4) is 0 Å². The van der Waals surface area contributed by atoms with E-state index in [0.717, 1.165) is 19.3 Å². The van der Waals surface area contributed by atoms with Crippen LogP contribution in [0.15, 0.2) is 0 Å². The van der Waals surface area contributed by atoms with Gasteiger partial charge in [0.1, 0.15) is 0 Å². The monoisotopic (exact) mass is 254 g/mol. The van der Waals surface area contributed by atoms with Crippen LogP contribution in [-0.2, 0) is 9.59 Å². The molecule has 5 nitrogen and oxygen atoms in total. The summed E-state index contributed by atoms with van der Waals surface area (Å²) >= 11 is 0. The zero-order valence-electron chi connectivity index (χ0n) is 10.9. The lowest BCUT2D eigenvalue weighted by Gasteiger charge is -2.12. The fourth-order valence-electron chi connectivity index (χ4n) is 2.06. The highest BCUT2D eigenvalue weighted by molar-refractivity contribution is 5.82. The summed E-state index contributed by atoms with van der Waals surface area (Å²) in [5.74, 6) is 0.679. The van der Waals surface area contributed by atoms with Crippen LogP contribution in [0.2, 0.25) is 0 Å². The minimum atomic E-state index is -0.0566. The molecule has 3 N–H and O–H groups in total. The molecule has 102 valence electrons. The van der Waals surface area contributed by atoms with Gasteiger partial charge in [0.05, 0.1) is 6.61 Å². The maximum atomic E-state index is 11.5. The maximum absolute atomic E-state index is 11.5. The molecule has 0 aromatic rings. The highest BCUT2D eigenvalue weighted by Crippen LogP contribution is 2.44. The Hall–Kier alpha value is -1.10. The van der Waals surface area contributed by atoms with Crippen LogP contribution in [0.25, 0.3) is 0 Å². The van der Waals surface area contributed by atoms with Crippen molar-refractivity contribution in [2.45, 2.75) is 32.6 Å². The van der Waals surface area contributed by atoms with Crippen LogP contribution in [0, 0.1) is 17.3 Å². The number of amides is 2. The first-order valence-corrected chi connectivity index (χ1v) is 6.72. The number of hydrogen-bond donors (Lipinski definition) is 3. The van der Waals surface area contributed by atoms with E-state index in [-0.39, 0.29) is 29.8 Å². The SMILES string of the molecule is CC1CC1C(=O)NCCC(=O)NCC1(CO)CC1. The molecule has 0 aliphatic heterocycles. The van der Waals surface area contributed by atoms with Gasteiger partial charge in [-0.3, -0.25) is 9.59 Å². The third kappa shape index (κ3) is 3.45. The number of nitrogens with one attached hydrogen (secondary N) is 2. The molecule has 5 heteroatoms. The standard InChI is InChI=1S/C13H22N2O3/c1-9-6-10(9)12(18)14-5-2-11(17)15-7-13(8-16)3-4-13/h9-10,16H,2-8H2,1H3,(H,14,18)(H,15,17). The number of carbonyl (C=O) groups excluding carboxylic acids is 2. The molecule has 0 saturated heterocycles. The lowest BCUT2D eigenvalue weighted by molar-refractivity contribution is -0.123. The minimum absolute atomic E-state index is 0.0532. The second-order valence-corrected chi connectivity index (χ2v) is 5.80. The smallest absolute Gasteiger partial charge is 0.223 e. The summed E-state index contributed by atoms with van der Waals surface area (Å²) in [6.45, 7) is 3.15. The van der Waals surface area contributed by atoms with E-state index in [0.29, 0.717) is 25.4 Å². The van der Waals surface area contributed by atoms with Crippen molar-refractivity contribution in [2.75, 3.05) is 19.7 Å². The predicted octanol–water partition coefficient (Wildman–Crippen LogP) is 0.0374. The molecule has 2 fully saturated rings. The van der Waals surface area contributed by atoms with Crippen LogP contribution >= 0.6 is 0 Å². The van der Waals surface area contributed by atoms with Gasteiger partial charge in [-0.2, -0.15) is 0 Å². The molecule has 0 aromatic carbocycles. The number of rotatable bonds is 7. The van der Waals surface area contributed by atoms with Crippen LogP contribution in [0.1, 0.15) is 32.6 Å². The molecular weight excluding hydrogens is 232 g/mol. The lowest BCUT2D eigenvalue weighted by Crippen LogP contribution is -2.35. The van der Waals surface area contributed by atoms with Gasteiger partial charge < -0.3 is 15.7 Å². The summed E-state index contributed by atoms with van der Waals surface area (Å²) in [6.07, 6.45) is 3.26.